The van der Waals surface area contributed by atoms with Crippen LogP contribution in [0.4, 0.5) is 4.39 Å². The van der Waals surface area contributed by atoms with E-state index in [9.17, 15) is 4.39 Å². The van der Waals surface area contributed by atoms with E-state index in [1.54, 1.807) is 0 Å². The molecule has 0 radical (unpaired) electrons. The zero-order valence-electron chi connectivity index (χ0n) is 2.79. The number of hydrogen-bond donors (Lipinski definition) is 0. The predicted molar refractivity (Wildman–Crippen MR) is 11.3 cm³/mol. The maximum atomic E-state index is 10.2. The van der Waals surface area contributed by atoms with Gasteiger partial charge in [-0.1, -0.05) is 0 Å². The monoisotopic (exact) mass is 54.0 g/mol. The van der Waals surface area contributed by atoms with Crippen molar-refractivity contribution < 1.29 is 23.3 Å². The summed E-state index contributed by atoms with van der Waals surface area (Å²) < 4.78 is 10.2. The normalized spacial score (nSPS) is 4.50. The number of rotatable bonds is 0. The van der Waals surface area contributed by atoms with E-state index in [-0.39, 0.29) is 18.9 Å². The summed E-state index contributed by atoms with van der Waals surface area (Å²) in [5, 5.41) is 0. The van der Waals surface area contributed by atoms with E-state index in [2.05, 4.69) is 6.92 Å². The smallest absolute Gasteiger partial charge is 0.313 e. The van der Waals surface area contributed by atoms with Crippen molar-refractivity contribution in [2.45, 2.75) is 0 Å². The first kappa shape index (κ1) is 8.82. The number of alkyl halides is 1. The van der Waals surface area contributed by atoms with Gasteiger partial charge in [0.15, 0.2) is 0 Å². The quantitative estimate of drug-likeness (QED) is 0.217. The van der Waals surface area contributed by atoms with Crippen molar-refractivity contribution in [3.05, 3.63) is 6.92 Å². The Balaban J connectivity index is 0. The van der Waals surface area contributed by atoms with Gasteiger partial charge in [0.25, 0.3) is 0 Å². The molecule has 0 aromatic carbocycles. The molecular formula is C2H4FLi. The maximum Gasteiger partial charge on any atom is 1.00 e. The molecule has 0 aromatic rings. The van der Waals surface area contributed by atoms with Crippen molar-refractivity contribution in [3.8, 4) is 0 Å². The van der Waals surface area contributed by atoms with Crippen molar-refractivity contribution in [1.29, 1.82) is 0 Å². The Morgan fingerprint density at radius 2 is 1.75 bits per heavy atom. The predicted octanol–water partition coefficient (Wildman–Crippen LogP) is -2.21. The Labute approximate surface area is 37.6 Å². The van der Waals surface area contributed by atoms with Crippen LogP contribution in [0.5, 0.6) is 0 Å². The molecule has 0 heterocycles. The second-order valence-corrected chi connectivity index (χ2v) is 0.189. The average Bonchev–Trinajstić information content (AvgIpc) is 0.918. The molecule has 0 fully saturated rings. The van der Waals surface area contributed by atoms with Crippen LogP contribution in [0.3, 0.4) is 0 Å². The number of halogens is 1. The summed E-state index contributed by atoms with van der Waals surface area (Å²) in [5.74, 6) is 0. The molecule has 0 N–H and O–H groups in total. The van der Waals surface area contributed by atoms with E-state index in [0.717, 1.165) is 0 Å². The Bertz CT molecular complexity index is 6.00. The van der Waals surface area contributed by atoms with E-state index in [1.165, 1.54) is 0 Å². The van der Waals surface area contributed by atoms with E-state index >= 15 is 0 Å². The molecule has 2 heteroatoms. The number of hydrogen-bond acceptors (Lipinski definition) is 0. The molecular weight excluding hydrogens is 50.0 g/mol. The third kappa shape index (κ3) is 21.2. The third-order valence-corrected chi connectivity index (χ3v) is 0. The fourth-order valence-electron chi connectivity index (χ4n) is 0. The minimum Gasteiger partial charge on any atom is -0.313 e. The first-order chi connectivity index (χ1) is 1.41. The Morgan fingerprint density at radius 3 is 1.75 bits per heavy atom. The second-order valence-electron chi connectivity index (χ2n) is 0.189. The van der Waals surface area contributed by atoms with Crippen LogP contribution in [0.25, 0.3) is 0 Å². The van der Waals surface area contributed by atoms with Gasteiger partial charge in [0.05, 0.1) is 0 Å². The average molecular weight is 54.0 g/mol. The molecule has 0 rings (SSSR count). The topological polar surface area (TPSA) is 0 Å². The Hall–Kier alpha value is 0.527. The molecule has 0 aromatic heterocycles. The van der Waals surface area contributed by atoms with Crippen molar-refractivity contribution in [2.75, 3.05) is 6.67 Å². The molecule has 0 aliphatic rings. The molecule has 0 saturated carbocycles. The summed E-state index contributed by atoms with van der Waals surface area (Å²) in [6, 6.07) is 0. The molecule has 0 aliphatic carbocycles. The van der Waals surface area contributed by atoms with Crippen LogP contribution in [0.1, 0.15) is 0 Å². The van der Waals surface area contributed by atoms with Gasteiger partial charge in [-0.25, -0.2) is 0 Å². The van der Waals surface area contributed by atoms with Crippen molar-refractivity contribution >= 4 is 0 Å². The van der Waals surface area contributed by atoms with Gasteiger partial charge in [-0.3, -0.25) is 4.39 Å². The van der Waals surface area contributed by atoms with Crippen molar-refractivity contribution in [2.24, 2.45) is 0 Å². The second kappa shape index (κ2) is 9.66. The zero-order chi connectivity index (χ0) is 2.71. The minimum absolute atomic E-state index is 0. The van der Waals surface area contributed by atoms with Crippen LogP contribution in [0, 0.1) is 6.92 Å². The SMILES string of the molecule is [CH2-]CF.[Li+]. The first-order valence-electron chi connectivity index (χ1n) is 0.767. The summed E-state index contributed by atoms with van der Waals surface area (Å²) in [6.45, 7) is 2.32. The molecule has 0 aliphatic heterocycles. The van der Waals surface area contributed by atoms with Gasteiger partial charge in [0, 0.05) is 0 Å². The van der Waals surface area contributed by atoms with Crippen molar-refractivity contribution in [3.63, 3.8) is 0 Å². The summed E-state index contributed by atoms with van der Waals surface area (Å²) in [5.41, 5.74) is 0. The fraction of sp³-hybridized carbons (Fsp3) is 0.500. The largest absolute Gasteiger partial charge is 1.00 e. The van der Waals surface area contributed by atoms with Gasteiger partial charge in [0.1, 0.15) is 0 Å². The fourth-order valence-corrected chi connectivity index (χ4v) is 0. The third-order valence-electron chi connectivity index (χ3n) is 0. The summed E-state index contributed by atoms with van der Waals surface area (Å²) in [6.07, 6.45) is 0. The molecule has 4 heavy (non-hydrogen) atoms. The van der Waals surface area contributed by atoms with Gasteiger partial charge in [0.2, 0.25) is 0 Å². The molecule has 20 valence electrons. The molecule has 0 unspecified atom stereocenters. The minimum atomic E-state index is -0.500. The first-order valence-corrected chi connectivity index (χ1v) is 0.767. The van der Waals surface area contributed by atoms with E-state index in [0.29, 0.717) is 0 Å². The van der Waals surface area contributed by atoms with Gasteiger partial charge in [-0.2, -0.15) is 0 Å². The van der Waals surface area contributed by atoms with Gasteiger partial charge >= 0.3 is 18.9 Å². The molecule has 0 spiro atoms. The Morgan fingerprint density at radius 1 is 1.75 bits per heavy atom. The van der Waals surface area contributed by atoms with Crippen LogP contribution in [-0.2, 0) is 0 Å². The summed E-state index contributed by atoms with van der Waals surface area (Å²) >= 11 is 0. The standard InChI is InChI=1S/C2H4F.Li/c1-2-3;/h1-2H2;/q-1;+1. The van der Waals surface area contributed by atoms with Crippen LogP contribution in [0.2, 0.25) is 0 Å². The van der Waals surface area contributed by atoms with E-state index in [1.807, 2.05) is 0 Å². The van der Waals surface area contributed by atoms with E-state index in [4.69, 9.17) is 0 Å². The molecule has 0 amide bonds. The molecule has 0 nitrogen and oxygen atoms in total. The van der Waals surface area contributed by atoms with Gasteiger partial charge in [-0.05, 0) is 6.67 Å². The molecule has 0 bridgehead atoms. The van der Waals surface area contributed by atoms with Gasteiger partial charge in [-0.15, -0.1) is 0 Å². The van der Waals surface area contributed by atoms with Crippen LogP contribution in [-0.4, -0.2) is 6.67 Å². The van der Waals surface area contributed by atoms with E-state index < -0.39 is 6.67 Å². The summed E-state index contributed by atoms with van der Waals surface area (Å²) in [7, 11) is 0. The zero-order valence-corrected chi connectivity index (χ0v) is 2.79. The Kier molecular flexibility index (Phi) is 21.3. The van der Waals surface area contributed by atoms with Gasteiger partial charge < -0.3 is 6.92 Å². The molecule has 0 saturated heterocycles. The van der Waals surface area contributed by atoms with Crippen LogP contribution >= 0.6 is 0 Å². The van der Waals surface area contributed by atoms with Crippen LogP contribution < -0.4 is 18.9 Å². The van der Waals surface area contributed by atoms with Crippen molar-refractivity contribution in [1.82, 2.24) is 0 Å². The summed E-state index contributed by atoms with van der Waals surface area (Å²) in [4.78, 5) is 0. The van der Waals surface area contributed by atoms with Crippen LogP contribution in [0.15, 0.2) is 0 Å². The molecule has 0 atom stereocenters. The maximum absolute atomic E-state index is 10.2.